The number of nitrogens with zero attached hydrogens (tertiary/aromatic N) is 4. The van der Waals surface area contributed by atoms with Crippen LogP contribution in [-0.4, -0.2) is 48.6 Å². The summed E-state index contributed by atoms with van der Waals surface area (Å²) in [4.78, 5) is 13.3. The van der Waals surface area contributed by atoms with E-state index in [1.54, 1.807) is 0 Å². The highest BCUT2D eigenvalue weighted by Gasteiger charge is 2.21. The lowest BCUT2D eigenvalue weighted by molar-refractivity contribution is 0.318. The molecule has 0 saturated carbocycles. The molecule has 0 amide bonds. The largest absolute Gasteiger partial charge is 0.341 e. The van der Waals surface area contributed by atoms with E-state index in [4.69, 9.17) is 0 Å². The third-order valence-electron chi connectivity index (χ3n) is 3.34. The number of anilines is 1. The highest BCUT2D eigenvalue weighted by atomic mass is 15.2. The van der Waals surface area contributed by atoms with Gasteiger partial charge in [0.15, 0.2) is 0 Å². The monoisotopic (exact) mass is 234 g/mol. The molecule has 0 N–H and O–H groups in total. The second-order valence-electron chi connectivity index (χ2n) is 5.10. The summed E-state index contributed by atoms with van der Waals surface area (Å²) in [5, 5.41) is 0. The van der Waals surface area contributed by atoms with Gasteiger partial charge in [-0.25, -0.2) is 9.97 Å². The molecule has 2 rings (SSSR count). The smallest absolute Gasteiger partial charge is 0.225 e. The zero-order valence-electron chi connectivity index (χ0n) is 10.8. The van der Waals surface area contributed by atoms with Crippen LogP contribution in [0.2, 0.25) is 0 Å². The molecule has 4 nitrogen and oxygen atoms in total. The van der Waals surface area contributed by atoms with E-state index in [-0.39, 0.29) is 0 Å². The van der Waals surface area contributed by atoms with E-state index in [1.165, 1.54) is 25.8 Å². The van der Waals surface area contributed by atoms with Gasteiger partial charge in [-0.05, 0) is 51.9 Å². The van der Waals surface area contributed by atoms with E-state index >= 15 is 0 Å². The minimum absolute atomic E-state index is 0.787. The molecule has 1 aromatic rings. The van der Waals surface area contributed by atoms with Gasteiger partial charge in [0.2, 0.25) is 5.95 Å². The van der Waals surface area contributed by atoms with Crippen molar-refractivity contribution in [3.63, 3.8) is 0 Å². The Bertz CT molecular complexity index is 325. The Labute approximate surface area is 104 Å². The standard InChI is InChI=1S/C13H22N4/c1-16(2)10-6-12-5-3-9-17(11-12)13-14-7-4-8-15-13/h4,7-8,12H,3,5-6,9-11H2,1-2H3. The first kappa shape index (κ1) is 12.3. The van der Waals surface area contributed by atoms with E-state index in [2.05, 4.69) is 33.9 Å². The Kier molecular flexibility index (Phi) is 4.31. The van der Waals surface area contributed by atoms with Gasteiger partial charge in [-0.15, -0.1) is 0 Å². The highest BCUT2D eigenvalue weighted by molar-refractivity contribution is 5.29. The summed E-state index contributed by atoms with van der Waals surface area (Å²) < 4.78 is 0. The molecule has 1 aliphatic heterocycles. The molecule has 94 valence electrons. The molecule has 0 radical (unpaired) electrons. The third kappa shape index (κ3) is 3.66. The molecule has 1 atom stereocenters. The number of hydrogen-bond donors (Lipinski definition) is 0. The van der Waals surface area contributed by atoms with Crippen molar-refractivity contribution < 1.29 is 0 Å². The lowest BCUT2D eigenvalue weighted by Crippen LogP contribution is -2.37. The van der Waals surface area contributed by atoms with Crippen molar-refractivity contribution in [2.75, 3.05) is 38.6 Å². The lowest BCUT2D eigenvalue weighted by atomic mass is 9.95. The van der Waals surface area contributed by atoms with Gasteiger partial charge in [-0.1, -0.05) is 0 Å². The van der Waals surface area contributed by atoms with Crippen LogP contribution in [0.25, 0.3) is 0 Å². The van der Waals surface area contributed by atoms with E-state index in [1.807, 2.05) is 18.5 Å². The second kappa shape index (κ2) is 5.96. The zero-order chi connectivity index (χ0) is 12.1. The highest BCUT2D eigenvalue weighted by Crippen LogP contribution is 2.22. The van der Waals surface area contributed by atoms with Crippen molar-refractivity contribution >= 4 is 5.95 Å². The van der Waals surface area contributed by atoms with Gasteiger partial charge in [-0.3, -0.25) is 0 Å². The van der Waals surface area contributed by atoms with Gasteiger partial charge in [0.25, 0.3) is 0 Å². The van der Waals surface area contributed by atoms with Gasteiger partial charge in [0.1, 0.15) is 0 Å². The molecule has 4 heteroatoms. The average molecular weight is 234 g/mol. The van der Waals surface area contributed by atoms with Gasteiger partial charge in [-0.2, -0.15) is 0 Å². The summed E-state index contributed by atoms with van der Waals surface area (Å²) in [6.45, 7) is 3.38. The fraction of sp³-hybridized carbons (Fsp3) is 0.692. The molecular formula is C13H22N4. The van der Waals surface area contributed by atoms with Crippen LogP contribution in [0.3, 0.4) is 0 Å². The SMILES string of the molecule is CN(C)CCC1CCCN(c2ncccn2)C1. The van der Waals surface area contributed by atoms with Crippen molar-refractivity contribution in [1.82, 2.24) is 14.9 Å². The van der Waals surface area contributed by atoms with Crippen LogP contribution in [0.1, 0.15) is 19.3 Å². The first-order chi connectivity index (χ1) is 8.25. The fourth-order valence-electron chi connectivity index (χ4n) is 2.38. The van der Waals surface area contributed by atoms with Crippen LogP contribution in [0.15, 0.2) is 18.5 Å². The summed E-state index contributed by atoms with van der Waals surface area (Å²) in [7, 11) is 4.28. The molecule has 0 aliphatic carbocycles. The summed E-state index contributed by atoms with van der Waals surface area (Å²) >= 11 is 0. The predicted octanol–water partition coefficient (Wildman–Crippen LogP) is 1.64. The fourth-order valence-corrected chi connectivity index (χ4v) is 2.38. The Balaban J connectivity index is 1.89. The lowest BCUT2D eigenvalue weighted by Gasteiger charge is -2.33. The maximum atomic E-state index is 4.34. The molecule has 1 saturated heterocycles. The molecule has 2 heterocycles. The second-order valence-corrected chi connectivity index (χ2v) is 5.10. The molecule has 1 fully saturated rings. The Hall–Kier alpha value is -1.16. The van der Waals surface area contributed by atoms with Crippen molar-refractivity contribution in [2.45, 2.75) is 19.3 Å². The minimum Gasteiger partial charge on any atom is -0.341 e. The van der Waals surface area contributed by atoms with Crippen LogP contribution in [-0.2, 0) is 0 Å². The van der Waals surface area contributed by atoms with Crippen molar-refractivity contribution in [1.29, 1.82) is 0 Å². The van der Waals surface area contributed by atoms with E-state index < -0.39 is 0 Å². The van der Waals surface area contributed by atoms with Crippen molar-refractivity contribution in [3.05, 3.63) is 18.5 Å². The normalized spacial score (nSPS) is 20.9. The minimum atomic E-state index is 0.787. The van der Waals surface area contributed by atoms with Crippen LogP contribution in [0, 0.1) is 5.92 Å². The van der Waals surface area contributed by atoms with Gasteiger partial charge in [0, 0.05) is 25.5 Å². The first-order valence-corrected chi connectivity index (χ1v) is 6.42. The van der Waals surface area contributed by atoms with Crippen LogP contribution < -0.4 is 4.90 Å². The first-order valence-electron chi connectivity index (χ1n) is 6.42. The topological polar surface area (TPSA) is 32.3 Å². The summed E-state index contributed by atoms with van der Waals surface area (Å²) in [6, 6.07) is 1.87. The molecular weight excluding hydrogens is 212 g/mol. The van der Waals surface area contributed by atoms with Crippen LogP contribution in [0.4, 0.5) is 5.95 Å². The summed E-state index contributed by atoms with van der Waals surface area (Å²) in [5.74, 6) is 1.68. The number of rotatable bonds is 4. The number of piperidine rings is 1. The predicted molar refractivity (Wildman–Crippen MR) is 70.1 cm³/mol. The summed E-state index contributed by atoms with van der Waals surface area (Å²) in [6.07, 6.45) is 7.53. The molecule has 1 aliphatic rings. The van der Waals surface area contributed by atoms with E-state index in [0.29, 0.717) is 0 Å². The zero-order valence-corrected chi connectivity index (χ0v) is 10.8. The Morgan fingerprint density at radius 1 is 1.35 bits per heavy atom. The van der Waals surface area contributed by atoms with Crippen molar-refractivity contribution in [2.24, 2.45) is 5.92 Å². The van der Waals surface area contributed by atoms with E-state index in [0.717, 1.165) is 25.0 Å². The Morgan fingerprint density at radius 3 is 2.82 bits per heavy atom. The third-order valence-corrected chi connectivity index (χ3v) is 3.34. The maximum absolute atomic E-state index is 4.34. The molecule has 17 heavy (non-hydrogen) atoms. The van der Waals surface area contributed by atoms with Crippen molar-refractivity contribution in [3.8, 4) is 0 Å². The molecule has 1 aromatic heterocycles. The van der Waals surface area contributed by atoms with Gasteiger partial charge < -0.3 is 9.80 Å². The molecule has 1 unspecified atom stereocenters. The quantitative estimate of drug-likeness (QED) is 0.793. The van der Waals surface area contributed by atoms with Crippen LogP contribution in [0.5, 0.6) is 0 Å². The van der Waals surface area contributed by atoms with Gasteiger partial charge >= 0.3 is 0 Å². The number of aromatic nitrogens is 2. The van der Waals surface area contributed by atoms with Gasteiger partial charge in [0.05, 0.1) is 0 Å². The maximum Gasteiger partial charge on any atom is 0.225 e. The van der Waals surface area contributed by atoms with Crippen LogP contribution >= 0.6 is 0 Å². The average Bonchev–Trinajstić information content (AvgIpc) is 2.38. The summed E-state index contributed by atoms with van der Waals surface area (Å²) in [5.41, 5.74) is 0. The Morgan fingerprint density at radius 2 is 2.12 bits per heavy atom. The molecule has 0 aromatic carbocycles. The molecule has 0 bridgehead atoms. The number of hydrogen-bond acceptors (Lipinski definition) is 4. The molecule has 0 spiro atoms. The van der Waals surface area contributed by atoms with E-state index in [9.17, 15) is 0 Å².